The molecule has 2 aromatic rings. The standard InChI is InChI=1S/C17H19N3O.ClH/c1-18-11-6-12-20-16-10-5-3-8-14(16)13-7-2-4-9-15(13)19-17(20)21;/h2-5,7-10,18H,6,11-12H2,1H3,(H,19,21);1H. The highest BCUT2D eigenvalue weighted by Gasteiger charge is 2.24. The van der Waals surface area contributed by atoms with E-state index < -0.39 is 0 Å². The van der Waals surface area contributed by atoms with Crippen molar-refractivity contribution < 1.29 is 4.79 Å². The highest BCUT2D eigenvalue weighted by molar-refractivity contribution is 6.09. The second-order valence-electron chi connectivity index (χ2n) is 5.10. The second-order valence-corrected chi connectivity index (χ2v) is 5.10. The fraction of sp³-hybridized carbons (Fsp3) is 0.235. The third-order valence-electron chi connectivity index (χ3n) is 3.71. The number of urea groups is 1. The average molecular weight is 318 g/mol. The lowest BCUT2D eigenvalue weighted by Crippen LogP contribution is -2.36. The molecule has 2 aromatic carbocycles. The van der Waals surface area contributed by atoms with Gasteiger partial charge in [-0.3, -0.25) is 4.90 Å². The van der Waals surface area contributed by atoms with Crippen LogP contribution in [0.25, 0.3) is 11.1 Å². The van der Waals surface area contributed by atoms with Gasteiger partial charge in [0, 0.05) is 17.7 Å². The minimum Gasteiger partial charge on any atom is -0.320 e. The molecular formula is C17H20ClN3O. The van der Waals surface area contributed by atoms with Crippen molar-refractivity contribution in [1.82, 2.24) is 5.32 Å². The van der Waals surface area contributed by atoms with Crippen molar-refractivity contribution in [1.29, 1.82) is 0 Å². The molecule has 3 rings (SSSR count). The molecule has 0 radical (unpaired) electrons. The van der Waals surface area contributed by atoms with Gasteiger partial charge in [-0.25, -0.2) is 4.79 Å². The van der Waals surface area contributed by atoms with Crippen LogP contribution in [0, 0.1) is 0 Å². The van der Waals surface area contributed by atoms with Crippen LogP contribution >= 0.6 is 12.4 Å². The van der Waals surface area contributed by atoms with E-state index in [0.717, 1.165) is 35.5 Å². The first-order valence-electron chi connectivity index (χ1n) is 7.23. The van der Waals surface area contributed by atoms with Crippen LogP contribution in [0.1, 0.15) is 6.42 Å². The third kappa shape index (κ3) is 3.08. The number of carbonyl (C=O) groups is 1. The van der Waals surface area contributed by atoms with E-state index in [4.69, 9.17) is 0 Å². The van der Waals surface area contributed by atoms with Crippen LogP contribution in [0.5, 0.6) is 0 Å². The van der Waals surface area contributed by atoms with E-state index in [1.807, 2.05) is 54.4 Å². The fourth-order valence-electron chi connectivity index (χ4n) is 2.69. The molecule has 5 heteroatoms. The predicted molar refractivity (Wildman–Crippen MR) is 94.0 cm³/mol. The van der Waals surface area contributed by atoms with Crippen molar-refractivity contribution in [2.24, 2.45) is 0 Å². The molecule has 0 bridgehead atoms. The summed E-state index contributed by atoms with van der Waals surface area (Å²) < 4.78 is 0. The SMILES string of the molecule is CNCCCN1C(=O)Nc2ccccc2-c2ccccc21.Cl. The van der Waals surface area contributed by atoms with Gasteiger partial charge in [0.2, 0.25) is 0 Å². The Bertz CT molecular complexity index is 660. The van der Waals surface area contributed by atoms with Gasteiger partial charge in [0.25, 0.3) is 0 Å². The number of carbonyl (C=O) groups excluding carboxylic acids is 1. The molecule has 0 saturated carbocycles. The van der Waals surface area contributed by atoms with E-state index in [1.165, 1.54) is 0 Å². The van der Waals surface area contributed by atoms with Crippen molar-refractivity contribution in [3.8, 4) is 11.1 Å². The maximum absolute atomic E-state index is 12.5. The van der Waals surface area contributed by atoms with E-state index in [2.05, 4.69) is 16.7 Å². The number of nitrogens with one attached hydrogen (secondary N) is 2. The molecule has 1 aliphatic heterocycles. The van der Waals surface area contributed by atoms with Gasteiger partial charge in [-0.2, -0.15) is 0 Å². The number of rotatable bonds is 4. The number of nitrogens with zero attached hydrogens (tertiary/aromatic N) is 1. The van der Waals surface area contributed by atoms with Crippen LogP contribution in [0.3, 0.4) is 0 Å². The highest BCUT2D eigenvalue weighted by Crippen LogP contribution is 2.38. The Labute approximate surface area is 136 Å². The zero-order valence-electron chi connectivity index (χ0n) is 12.5. The van der Waals surface area contributed by atoms with Gasteiger partial charge in [0.1, 0.15) is 0 Å². The normalized spacial score (nSPS) is 12.6. The first-order chi connectivity index (χ1) is 10.3. The van der Waals surface area contributed by atoms with Gasteiger partial charge in [-0.05, 0) is 32.1 Å². The number of halogens is 1. The zero-order chi connectivity index (χ0) is 14.7. The molecular weight excluding hydrogens is 298 g/mol. The lowest BCUT2D eigenvalue weighted by molar-refractivity contribution is 0.257. The highest BCUT2D eigenvalue weighted by atomic mass is 35.5. The molecule has 4 nitrogen and oxygen atoms in total. The molecule has 0 aromatic heterocycles. The van der Waals surface area contributed by atoms with E-state index in [0.29, 0.717) is 6.54 Å². The van der Waals surface area contributed by atoms with Gasteiger partial charge in [0.05, 0.1) is 11.4 Å². The van der Waals surface area contributed by atoms with Crippen molar-refractivity contribution >= 4 is 29.8 Å². The molecule has 2 N–H and O–H groups in total. The summed E-state index contributed by atoms with van der Waals surface area (Å²) in [6.45, 7) is 1.58. The monoisotopic (exact) mass is 317 g/mol. The minimum atomic E-state index is -0.0662. The van der Waals surface area contributed by atoms with Gasteiger partial charge < -0.3 is 10.6 Å². The van der Waals surface area contributed by atoms with Crippen molar-refractivity contribution in [3.63, 3.8) is 0 Å². The Hall–Kier alpha value is -2.04. The second kappa shape index (κ2) is 7.29. The van der Waals surface area contributed by atoms with Gasteiger partial charge in [-0.1, -0.05) is 36.4 Å². The Balaban J connectivity index is 0.00000176. The third-order valence-corrected chi connectivity index (χ3v) is 3.71. The summed E-state index contributed by atoms with van der Waals surface area (Å²) in [7, 11) is 1.92. The molecule has 0 saturated heterocycles. The van der Waals surface area contributed by atoms with Gasteiger partial charge in [-0.15, -0.1) is 12.4 Å². The van der Waals surface area contributed by atoms with E-state index in [1.54, 1.807) is 0 Å². The van der Waals surface area contributed by atoms with E-state index in [9.17, 15) is 4.79 Å². The summed E-state index contributed by atoms with van der Waals surface area (Å²) >= 11 is 0. The quantitative estimate of drug-likeness (QED) is 0.844. The topological polar surface area (TPSA) is 44.4 Å². The van der Waals surface area contributed by atoms with Gasteiger partial charge >= 0.3 is 6.03 Å². The molecule has 0 atom stereocenters. The summed E-state index contributed by atoms with van der Waals surface area (Å²) in [5.74, 6) is 0. The largest absolute Gasteiger partial charge is 0.326 e. The number of fused-ring (bicyclic) bond motifs is 3. The first kappa shape index (κ1) is 16.3. The maximum atomic E-state index is 12.5. The van der Waals surface area contributed by atoms with E-state index >= 15 is 0 Å². The molecule has 1 aliphatic rings. The Morgan fingerprint density at radius 1 is 1.05 bits per heavy atom. The van der Waals surface area contributed by atoms with Crippen LogP contribution in [0.4, 0.5) is 16.2 Å². The van der Waals surface area contributed by atoms with Gasteiger partial charge in [0.15, 0.2) is 0 Å². The maximum Gasteiger partial charge on any atom is 0.326 e. The molecule has 1 heterocycles. The number of benzene rings is 2. The lowest BCUT2D eigenvalue weighted by Gasteiger charge is -2.22. The van der Waals surface area contributed by atoms with Crippen LogP contribution in [-0.4, -0.2) is 26.2 Å². The number of para-hydroxylation sites is 2. The van der Waals surface area contributed by atoms with Crippen LogP contribution in [0.2, 0.25) is 0 Å². The number of hydrogen-bond donors (Lipinski definition) is 2. The number of amides is 2. The van der Waals surface area contributed by atoms with Crippen molar-refractivity contribution in [3.05, 3.63) is 48.5 Å². The summed E-state index contributed by atoms with van der Waals surface area (Å²) in [4.78, 5) is 14.4. The summed E-state index contributed by atoms with van der Waals surface area (Å²) in [5.41, 5.74) is 4.00. The van der Waals surface area contributed by atoms with Crippen LogP contribution < -0.4 is 15.5 Å². The van der Waals surface area contributed by atoms with Crippen LogP contribution in [0.15, 0.2) is 48.5 Å². The molecule has 0 spiro atoms. The van der Waals surface area contributed by atoms with Crippen molar-refractivity contribution in [2.45, 2.75) is 6.42 Å². The smallest absolute Gasteiger partial charge is 0.320 e. The van der Waals surface area contributed by atoms with Crippen LogP contribution in [-0.2, 0) is 0 Å². The molecule has 116 valence electrons. The number of anilines is 2. The predicted octanol–water partition coefficient (Wildman–Crippen LogP) is 3.74. The Morgan fingerprint density at radius 2 is 1.73 bits per heavy atom. The Morgan fingerprint density at radius 3 is 2.50 bits per heavy atom. The lowest BCUT2D eigenvalue weighted by atomic mass is 10.0. The molecule has 0 aliphatic carbocycles. The van der Waals surface area contributed by atoms with Crippen molar-refractivity contribution in [2.75, 3.05) is 30.4 Å². The Kier molecular flexibility index (Phi) is 5.41. The molecule has 0 unspecified atom stereocenters. The molecule has 0 fully saturated rings. The molecule has 22 heavy (non-hydrogen) atoms. The average Bonchev–Trinajstić information content (AvgIpc) is 2.63. The number of hydrogen-bond acceptors (Lipinski definition) is 2. The fourth-order valence-corrected chi connectivity index (χ4v) is 2.69. The van der Waals surface area contributed by atoms with E-state index in [-0.39, 0.29) is 18.4 Å². The summed E-state index contributed by atoms with van der Waals surface area (Å²) in [5, 5.41) is 6.13. The summed E-state index contributed by atoms with van der Waals surface area (Å²) in [6, 6.07) is 15.9. The zero-order valence-corrected chi connectivity index (χ0v) is 13.3. The summed E-state index contributed by atoms with van der Waals surface area (Å²) in [6.07, 6.45) is 0.911. The molecule has 2 amide bonds. The first-order valence-corrected chi connectivity index (χ1v) is 7.23. The minimum absolute atomic E-state index is 0.